The summed E-state index contributed by atoms with van der Waals surface area (Å²) in [7, 11) is 1.74. The van der Waals surface area contributed by atoms with Crippen LogP contribution in [0.5, 0.6) is 0 Å². The minimum atomic E-state index is 0.773. The summed E-state index contributed by atoms with van der Waals surface area (Å²) in [6, 6.07) is 17.3. The zero-order valence-electron chi connectivity index (χ0n) is 12.5. The summed E-state index contributed by atoms with van der Waals surface area (Å²) in [5, 5.41) is 6.10. The van der Waals surface area contributed by atoms with E-state index >= 15 is 0 Å². The van der Waals surface area contributed by atoms with Crippen molar-refractivity contribution in [3.63, 3.8) is 0 Å². The van der Waals surface area contributed by atoms with Crippen molar-refractivity contribution >= 4 is 21.8 Å². The van der Waals surface area contributed by atoms with E-state index in [0.29, 0.717) is 0 Å². The van der Waals surface area contributed by atoms with Gasteiger partial charge in [0, 0.05) is 42.0 Å². The zero-order valence-corrected chi connectivity index (χ0v) is 12.5. The van der Waals surface area contributed by atoms with E-state index in [1.165, 1.54) is 21.8 Å². The monoisotopic (exact) mass is 282 g/mol. The molecule has 2 aromatic carbocycles. The van der Waals surface area contributed by atoms with Gasteiger partial charge in [0.1, 0.15) is 0 Å². The molecule has 0 spiro atoms. The molecule has 0 bridgehead atoms. The van der Waals surface area contributed by atoms with Crippen molar-refractivity contribution in [2.45, 2.75) is 13.0 Å². The fourth-order valence-electron chi connectivity index (χ4n) is 2.91. The molecule has 0 fully saturated rings. The van der Waals surface area contributed by atoms with Crippen LogP contribution >= 0.6 is 0 Å². The Labute approximate surface area is 125 Å². The average Bonchev–Trinajstić information content (AvgIpc) is 2.85. The molecule has 0 saturated carbocycles. The molecule has 3 nitrogen and oxygen atoms in total. The number of hydrogen-bond donors (Lipinski definition) is 1. The number of aromatic nitrogens is 1. The largest absolute Gasteiger partial charge is 0.383 e. The molecule has 3 aromatic rings. The SMILES string of the molecule is COCCNCCCn1c2ccccc2c2ccccc21. The van der Waals surface area contributed by atoms with Crippen LogP contribution in [0.4, 0.5) is 0 Å². The summed E-state index contributed by atoms with van der Waals surface area (Å²) in [4.78, 5) is 0. The van der Waals surface area contributed by atoms with Gasteiger partial charge < -0.3 is 14.6 Å². The number of hydrogen-bond acceptors (Lipinski definition) is 2. The predicted molar refractivity (Wildman–Crippen MR) is 88.8 cm³/mol. The van der Waals surface area contributed by atoms with Crippen molar-refractivity contribution < 1.29 is 4.74 Å². The van der Waals surface area contributed by atoms with Crippen molar-refractivity contribution in [3.05, 3.63) is 48.5 Å². The number of methoxy groups -OCH3 is 1. The fourth-order valence-corrected chi connectivity index (χ4v) is 2.91. The van der Waals surface area contributed by atoms with Crippen LogP contribution in [-0.4, -0.2) is 31.4 Å². The maximum absolute atomic E-state index is 5.04. The van der Waals surface area contributed by atoms with Crippen molar-refractivity contribution in [1.29, 1.82) is 0 Å². The van der Waals surface area contributed by atoms with E-state index in [2.05, 4.69) is 58.4 Å². The maximum atomic E-state index is 5.04. The summed E-state index contributed by atoms with van der Waals surface area (Å²) < 4.78 is 7.48. The first-order chi connectivity index (χ1) is 10.4. The van der Waals surface area contributed by atoms with Gasteiger partial charge in [0.15, 0.2) is 0 Å². The number of benzene rings is 2. The molecular weight excluding hydrogens is 260 g/mol. The highest BCUT2D eigenvalue weighted by atomic mass is 16.5. The Bertz CT molecular complexity index is 664. The van der Waals surface area contributed by atoms with E-state index in [1.54, 1.807) is 7.11 Å². The lowest BCUT2D eigenvalue weighted by molar-refractivity contribution is 0.199. The van der Waals surface area contributed by atoms with Gasteiger partial charge in [-0.25, -0.2) is 0 Å². The molecule has 1 N–H and O–H groups in total. The van der Waals surface area contributed by atoms with E-state index in [4.69, 9.17) is 4.74 Å². The summed E-state index contributed by atoms with van der Waals surface area (Å²) in [5.74, 6) is 0. The number of rotatable bonds is 7. The number of ether oxygens (including phenoxy) is 1. The molecule has 21 heavy (non-hydrogen) atoms. The Morgan fingerprint density at radius 2 is 1.52 bits per heavy atom. The number of nitrogens with zero attached hydrogens (tertiary/aromatic N) is 1. The minimum absolute atomic E-state index is 0.773. The van der Waals surface area contributed by atoms with Crippen LogP contribution in [0.1, 0.15) is 6.42 Å². The zero-order chi connectivity index (χ0) is 14.5. The van der Waals surface area contributed by atoms with E-state index in [9.17, 15) is 0 Å². The third-order valence-electron chi connectivity index (χ3n) is 3.90. The molecule has 0 unspecified atom stereocenters. The Hall–Kier alpha value is -1.84. The van der Waals surface area contributed by atoms with Crippen LogP contribution in [-0.2, 0) is 11.3 Å². The lowest BCUT2D eigenvalue weighted by Crippen LogP contribution is -2.21. The Morgan fingerprint density at radius 3 is 2.14 bits per heavy atom. The molecule has 0 aliphatic carbocycles. The number of nitrogens with one attached hydrogen (secondary N) is 1. The Kier molecular flexibility index (Phi) is 4.53. The van der Waals surface area contributed by atoms with Gasteiger partial charge in [-0.2, -0.15) is 0 Å². The van der Waals surface area contributed by atoms with Gasteiger partial charge in [0.25, 0.3) is 0 Å². The predicted octanol–water partition coefficient (Wildman–Crippen LogP) is 3.42. The second kappa shape index (κ2) is 6.74. The third kappa shape index (κ3) is 2.94. The number of fused-ring (bicyclic) bond motifs is 3. The van der Waals surface area contributed by atoms with Crippen LogP contribution in [0, 0.1) is 0 Å². The standard InChI is InChI=1S/C18H22N2O/c1-21-14-12-19-11-6-13-20-17-9-4-2-7-15(17)16-8-3-5-10-18(16)20/h2-5,7-10,19H,6,11-14H2,1H3. The molecule has 3 heteroatoms. The van der Waals surface area contributed by atoms with E-state index in [1.807, 2.05) is 0 Å². The number of para-hydroxylation sites is 2. The van der Waals surface area contributed by atoms with E-state index in [-0.39, 0.29) is 0 Å². The molecule has 0 saturated heterocycles. The topological polar surface area (TPSA) is 26.2 Å². The van der Waals surface area contributed by atoms with Gasteiger partial charge in [0.05, 0.1) is 6.61 Å². The molecule has 1 heterocycles. The van der Waals surface area contributed by atoms with Crippen LogP contribution < -0.4 is 5.32 Å². The van der Waals surface area contributed by atoms with Gasteiger partial charge >= 0.3 is 0 Å². The highest BCUT2D eigenvalue weighted by Gasteiger charge is 2.08. The van der Waals surface area contributed by atoms with E-state index < -0.39 is 0 Å². The molecule has 1 aromatic heterocycles. The molecule has 0 atom stereocenters. The smallest absolute Gasteiger partial charge is 0.0587 e. The van der Waals surface area contributed by atoms with Crippen LogP contribution in [0.15, 0.2) is 48.5 Å². The highest BCUT2D eigenvalue weighted by molar-refractivity contribution is 6.07. The lowest BCUT2D eigenvalue weighted by atomic mass is 10.2. The van der Waals surface area contributed by atoms with Crippen molar-refractivity contribution in [2.24, 2.45) is 0 Å². The van der Waals surface area contributed by atoms with E-state index in [0.717, 1.165) is 32.7 Å². The first kappa shape index (κ1) is 14.1. The van der Waals surface area contributed by atoms with Crippen molar-refractivity contribution in [1.82, 2.24) is 9.88 Å². The quantitative estimate of drug-likeness (QED) is 0.672. The molecule has 0 amide bonds. The molecule has 0 aliphatic rings. The van der Waals surface area contributed by atoms with Crippen LogP contribution in [0.25, 0.3) is 21.8 Å². The third-order valence-corrected chi connectivity index (χ3v) is 3.90. The first-order valence-electron chi connectivity index (χ1n) is 7.57. The summed E-state index contributed by atoms with van der Waals surface area (Å²) in [6.07, 6.45) is 1.12. The Balaban J connectivity index is 1.80. The molecule has 0 aliphatic heterocycles. The average molecular weight is 282 g/mol. The first-order valence-corrected chi connectivity index (χ1v) is 7.57. The number of aryl methyl sites for hydroxylation is 1. The Morgan fingerprint density at radius 1 is 0.905 bits per heavy atom. The molecule has 3 rings (SSSR count). The second-order valence-corrected chi connectivity index (χ2v) is 5.28. The van der Waals surface area contributed by atoms with Crippen LogP contribution in [0.3, 0.4) is 0 Å². The van der Waals surface area contributed by atoms with Crippen LogP contribution in [0.2, 0.25) is 0 Å². The molecular formula is C18H22N2O. The summed E-state index contributed by atoms with van der Waals surface area (Å²) in [6.45, 7) is 3.75. The van der Waals surface area contributed by atoms with Gasteiger partial charge in [0.2, 0.25) is 0 Å². The highest BCUT2D eigenvalue weighted by Crippen LogP contribution is 2.28. The maximum Gasteiger partial charge on any atom is 0.0587 e. The molecule has 110 valence electrons. The minimum Gasteiger partial charge on any atom is -0.383 e. The lowest BCUT2D eigenvalue weighted by Gasteiger charge is -2.08. The normalized spacial score (nSPS) is 11.5. The van der Waals surface area contributed by atoms with Crippen molar-refractivity contribution in [3.8, 4) is 0 Å². The van der Waals surface area contributed by atoms with Gasteiger partial charge in [-0.05, 0) is 25.1 Å². The summed E-state index contributed by atoms with van der Waals surface area (Å²) in [5.41, 5.74) is 2.66. The second-order valence-electron chi connectivity index (χ2n) is 5.28. The van der Waals surface area contributed by atoms with Crippen molar-refractivity contribution in [2.75, 3.05) is 26.8 Å². The van der Waals surface area contributed by atoms with Gasteiger partial charge in [-0.1, -0.05) is 36.4 Å². The molecule has 0 radical (unpaired) electrons. The van der Waals surface area contributed by atoms with Gasteiger partial charge in [-0.15, -0.1) is 0 Å². The van der Waals surface area contributed by atoms with Gasteiger partial charge in [-0.3, -0.25) is 0 Å². The fraction of sp³-hybridized carbons (Fsp3) is 0.333. The summed E-state index contributed by atoms with van der Waals surface area (Å²) >= 11 is 0.